The summed E-state index contributed by atoms with van der Waals surface area (Å²) in [5.74, 6) is 1.91. The van der Waals surface area contributed by atoms with Gasteiger partial charge in [-0.05, 0) is 49.7 Å². The number of piperidine rings is 1. The van der Waals surface area contributed by atoms with Crippen LogP contribution in [0.3, 0.4) is 0 Å². The zero-order valence-electron chi connectivity index (χ0n) is 17.5. The average molecular weight is 432 g/mol. The summed E-state index contributed by atoms with van der Waals surface area (Å²) >= 11 is 0. The van der Waals surface area contributed by atoms with Gasteiger partial charge in [0.2, 0.25) is 0 Å². The van der Waals surface area contributed by atoms with E-state index in [9.17, 15) is 13.2 Å². The van der Waals surface area contributed by atoms with Crippen molar-refractivity contribution in [2.24, 2.45) is 5.41 Å². The molecule has 3 saturated heterocycles. The molecule has 0 aliphatic carbocycles. The first-order chi connectivity index (χ1) is 14.9. The van der Waals surface area contributed by atoms with Gasteiger partial charge in [-0.25, -0.2) is 9.97 Å². The second kappa shape index (κ2) is 7.84. The third-order valence-corrected chi connectivity index (χ3v) is 7.03. The molecule has 2 aromatic heterocycles. The van der Waals surface area contributed by atoms with E-state index in [1.165, 1.54) is 19.0 Å². The fraction of sp³-hybridized carbons (Fsp3) is 0.591. The first-order valence-electron chi connectivity index (χ1n) is 11.0. The van der Waals surface area contributed by atoms with Crippen LogP contribution >= 0.6 is 0 Å². The van der Waals surface area contributed by atoms with Gasteiger partial charge in [0, 0.05) is 39.3 Å². The van der Waals surface area contributed by atoms with Gasteiger partial charge >= 0.3 is 6.18 Å². The maximum Gasteiger partial charge on any atom is 0.433 e. The first kappa shape index (κ1) is 20.3. The van der Waals surface area contributed by atoms with Gasteiger partial charge in [0.1, 0.15) is 17.3 Å². The van der Waals surface area contributed by atoms with E-state index in [0.717, 1.165) is 81.9 Å². The summed E-state index contributed by atoms with van der Waals surface area (Å²) in [6.07, 6.45) is 6.25. The number of pyridine rings is 1. The Bertz CT molecular complexity index is 902. The summed E-state index contributed by atoms with van der Waals surface area (Å²) in [5, 5.41) is 0. The highest BCUT2D eigenvalue weighted by Gasteiger charge is 2.41. The molecule has 3 fully saturated rings. The topological polar surface area (TPSA) is 48.4 Å². The zero-order chi connectivity index (χ0) is 21.5. The number of alkyl halides is 3. The summed E-state index contributed by atoms with van der Waals surface area (Å²) in [7, 11) is 0. The molecule has 5 rings (SSSR count). The predicted molar refractivity (Wildman–Crippen MR) is 113 cm³/mol. The van der Waals surface area contributed by atoms with E-state index in [0.29, 0.717) is 0 Å². The van der Waals surface area contributed by atoms with E-state index in [1.54, 1.807) is 6.07 Å². The summed E-state index contributed by atoms with van der Waals surface area (Å²) in [6, 6.07) is 2.62. The Kier molecular flexibility index (Phi) is 5.14. The molecule has 2 aromatic rings. The molecular formula is C22H27F3N6. The summed E-state index contributed by atoms with van der Waals surface area (Å²) in [4.78, 5) is 19.7. The van der Waals surface area contributed by atoms with Crippen molar-refractivity contribution in [2.75, 3.05) is 54.0 Å². The van der Waals surface area contributed by atoms with Crippen LogP contribution in [0, 0.1) is 5.41 Å². The third kappa shape index (κ3) is 4.14. The molecule has 0 radical (unpaired) electrons. The van der Waals surface area contributed by atoms with E-state index < -0.39 is 11.9 Å². The van der Waals surface area contributed by atoms with Crippen molar-refractivity contribution in [3.8, 4) is 0 Å². The Morgan fingerprint density at radius 2 is 1.39 bits per heavy atom. The normalized spacial score (nSPS) is 21.3. The smallest absolute Gasteiger partial charge is 0.370 e. The quantitative estimate of drug-likeness (QED) is 0.731. The van der Waals surface area contributed by atoms with Crippen LogP contribution in [0.1, 0.15) is 37.8 Å². The van der Waals surface area contributed by atoms with E-state index >= 15 is 0 Å². The fourth-order valence-corrected chi connectivity index (χ4v) is 5.11. The van der Waals surface area contributed by atoms with Crippen molar-refractivity contribution < 1.29 is 13.2 Å². The first-order valence-corrected chi connectivity index (χ1v) is 11.0. The minimum absolute atomic E-state index is 0.208. The number of nitrogens with zero attached hydrogens (tertiary/aromatic N) is 6. The van der Waals surface area contributed by atoms with Crippen LogP contribution < -0.4 is 14.7 Å². The number of hydrogen-bond acceptors (Lipinski definition) is 6. The lowest BCUT2D eigenvalue weighted by Crippen LogP contribution is -2.42. The van der Waals surface area contributed by atoms with E-state index in [-0.39, 0.29) is 5.41 Å². The molecule has 0 amide bonds. The van der Waals surface area contributed by atoms with Crippen LogP contribution in [0.4, 0.5) is 30.5 Å². The number of hydrogen-bond donors (Lipinski definition) is 0. The molecular weight excluding hydrogens is 405 g/mol. The van der Waals surface area contributed by atoms with Crippen molar-refractivity contribution in [2.45, 2.75) is 38.3 Å². The monoisotopic (exact) mass is 432 g/mol. The van der Waals surface area contributed by atoms with Crippen LogP contribution in [0.25, 0.3) is 0 Å². The Morgan fingerprint density at radius 3 is 1.97 bits per heavy atom. The third-order valence-electron chi connectivity index (χ3n) is 7.03. The highest BCUT2D eigenvalue weighted by molar-refractivity contribution is 5.48. The maximum absolute atomic E-state index is 12.8. The lowest BCUT2D eigenvalue weighted by molar-refractivity contribution is -0.141. The summed E-state index contributed by atoms with van der Waals surface area (Å²) in [6.45, 7) is 5.69. The molecule has 0 atom stereocenters. The highest BCUT2D eigenvalue weighted by atomic mass is 19.4. The minimum Gasteiger partial charge on any atom is -0.370 e. The van der Waals surface area contributed by atoms with Crippen LogP contribution in [-0.4, -0.2) is 54.2 Å². The molecule has 5 heterocycles. The zero-order valence-corrected chi connectivity index (χ0v) is 17.5. The second-order valence-corrected chi connectivity index (χ2v) is 8.99. The van der Waals surface area contributed by atoms with Gasteiger partial charge in [-0.15, -0.1) is 0 Å². The molecule has 0 bridgehead atoms. The number of halogens is 3. The molecule has 166 valence electrons. The predicted octanol–water partition coefficient (Wildman–Crippen LogP) is 3.99. The molecule has 9 heteroatoms. The van der Waals surface area contributed by atoms with Gasteiger partial charge in [0.05, 0.1) is 24.3 Å². The summed E-state index contributed by atoms with van der Waals surface area (Å²) < 4.78 is 38.3. The molecule has 3 aliphatic heterocycles. The molecule has 3 aliphatic rings. The highest BCUT2D eigenvalue weighted by Crippen LogP contribution is 2.42. The standard InChI is InChI=1S/C22H27F3N6/c23-22(24,25)18-4-3-17(13-27-18)31-12-7-21(16-31)5-10-30(11-6-21)20-15-26-14-19(28-20)29-8-1-2-9-29/h3-4,13-15H,1-2,5-12,16H2. The number of aromatic nitrogens is 3. The molecule has 6 nitrogen and oxygen atoms in total. The molecule has 0 N–H and O–H groups in total. The number of anilines is 3. The van der Waals surface area contributed by atoms with Crippen LogP contribution in [0.15, 0.2) is 30.7 Å². The Labute approximate surface area is 180 Å². The lowest BCUT2D eigenvalue weighted by atomic mass is 9.78. The molecule has 1 spiro atoms. The fourth-order valence-electron chi connectivity index (χ4n) is 5.11. The van der Waals surface area contributed by atoms with Crippen LogP contribution in [0.5, 0.6) is 0 Å². The van der Waals surface area contributed by atoms with Gasteiger partial charge in [-0.2, -0.15) is 13.2 Å². The maximum atomic E-state index is 12.8. The van der Waals surface area contributed by atoms with Gasteiger partial charge in [-0.1, -0.05) is 0 Å². The minimum atomic E-state index is -4.40. The van der Waals surface area contributed by atoms with Crippen LogP contribution in [0.2, 0.25) is 0 Å². The Hall–Kier alpha value is -2.58. The molecule has 0 unspecified atom stereocenters. The van der Waals surface area contributed by atoms with Crippen molar-refractivity contribution in [1.29, 1.82) is 0 Å². The van der Waals surface area contributed by atoms with Gasteiger partial charge in [0.15, 0.2) is 0 Å². The molecule has 0 aromatic carbocycles. The second-order valence-electron chi connectivity index (χ2n) is 8.99. The molecule has 31 heavy (non-hydrogen) atoms. The number of rotatable bonds is 3. The summed E-state index contributed by atoms with van der Waals surface area (Å²) in [5.41, 5.74) is 0.145. The van der Waals surface area contributed by atoms with Gasteiger partial charge < -0.3 is 14.7 Å². The van der Waals surface area contributed by atoms with Crippen molar-refractivity contribution >= 4 is 17.3 Å². The van der Waals surface area contributed by atoms with Gasteiger partial charge in [-0.3, -0.25) is 4.98 Å². The van der Waals surface area contributed by atoms with E-state index in [4.69, 9.17) is 4.98 Å². The molecule has 0 saturated carbocycles. The largest absolute Gasteiger partial charge is 0.433 e. The van der Waals surface area contributed by atoms with Crippen molar-refractivity contribution in [3.63, 3.8) is 0 Å². The Balaban J connectivity index is 1.21. The van der Waals surface area contributed by atoms with Crippen molar-refractivity contribution in [1.82, 2.24) is 15.0 Å². The van der Waals surface area contributed by atoms with E-state index in [1.807, 2.05) is 12.4 Å². The average Bonchev–Trinajstić information content (AvgIpc) is 3.45. The van der Waals surface area contributed by atoms with E-state index in [2.05, 4.69) is 24.7 Å². The SMILES string of the molecule is FC(F)(F)c1ccc(N2CCC3(CCN(c4cncc(N5CCCC5)n4)CC3)C2)cn1. The lowest BCUT2D eigenvalue weighted by Gasteiger charge is -2.40. The van der Waals surface area contributed by atoms with Crippen LogP contribution in [-0.2, 0) is 6.18 Å². The Morgan fingerprint density at radius 1 is 0.774 bits per heavy atom. The van der Waals surface area contributed by atoms with Crippen molar-refractivity contribution in [3.05, 3.63) is 36.4 Å². The van der Waals surface area contributed by atoms with Gasteiger partial charge in [0.25, 0.3) is 0 Å².